The maximum Gasteiger partial charge on any atom is 0.341 e. The lowest BCUT2D eigenvalue weighted by Crippen LogP contribution is -2.42. The van der Waals surface area contributed by atoms with Gasteiger partial charge in [-0.3, -0.25) is 4.79 Å². The highest BCUT2D eigenvalue weighted by atomic mass is 32.1. The molecule has 2 aliphatic rings. The van der Waals surface area contributed by atoms with Gasteiger partial charge in [-0.1, -0.05) is 19.1 Å². The minimum Gasteiger partial charge on any atom is -0.550 e. The van der Waals surface area contributed by atoms with E-state index in [9.17, 15) is 19.5 Å². The van der Waals surface area contributed by atoms with Crippen LogP contribution < -0.4 is 10.4 Å². The van der Waals surface area contributed by atoms with Crippen molar-refractivity contribution < 1.29 is 24.2 Å². The first-order chi connectivity index (χ1) is 12.7. The Hall–Kier alpha value is -2.15. The number of allylic oxidation sites excluding steroid dienone is 2. The molecule has 0 unspecified atom stereocenters. The number of carboxylic acids is 1. The predicted molar refractivity (Wildman–Crippen MR) is 100 cm³/mol. The summed E-state index contributed by atoms with van der Waals surface area (Å²) in [7, 11) is 0. The van der Waals surface area contributed by atoms with E-state index in [-0.39, 0.29) is 23.8 Å². The third-order valence-corrected chi connectivity index (χ3v) is 6.44. The molecule has 6 nitrogen and oxygen atoms in total. The van der Waals surface area contributed by atoms with E-state index in [4.69, 9.17) is 4.74 Å². The van der Waals surface area contributed by atoms with Crippen LogP contribution in [0.5, 0.6) is 0 Å². The molecule has 1 N–H and O–H groups in total. The van der Waals surface area contributed by atoms with Crippen LogP contribution >= 0.6 is 11.3 Å². The van der Waals surface area contributed by atoms with E-state index in [0.29, 0.717) is 23.4 Å². The third-order valence-electron chi connectivity index (χ3n) is 5.38. The number of ether oxygens (including phenoxy) is 1. The van der Waals surface area contributed by atoms with Gasteiger partial charge in [0.25, 0.3) is 0 Å². The molecule has 0 aromatic carbocycles. The molecule has 1 aromatic rings. The Morgan fingerprint density at radius 1 is 1.26 bits per heavy atom. The molecule has 0 aliphatic heterocycles. The number of rotatable bonds is 6. The molecule has 1 aromatic heterocycles. The zero-order chi connectivity index (χ0) is 19.9. The second kappa shape index (κ2) is 7.46. The van der Waals surface area contributed by atoms with Gasteiger partial charge in [0.2, 0.25) is 5.91 Å². The number of anilines is 1. The first kappa shape index (κ1) is 19.6. The van der Waals surface area contributed by atoms with Crippen LogP contribution in [0.3, 0.4) is 0 Å². The van der Waals surface area contributed by atoms with Crippen molar-refractivity contribution in [2.75, 3.05) is 5.32 Å². The smallest absolute Gasteiger partial charge is 0.341 e. The fraction of sp³-hybridized carbons (Fsp3) is 0.550. The highest BCUT2D eigenvalue weighted by Gasteiger charge is 2.49. The molecule has 2 aliphatic carbocycles. The molecule has 0 saturated heterocycles. The van der Waals surface area contributed by atoms with Crippen molar-refractivity contribution in [2.45, 2.75) is 46.6 Å². The molecule has 1 saturated carbocycles. The number of fused-ring (bicyclic) bond motifs is 2. The first-order valence-corrected chi connectivity index (χ1v) is 10.1. The molecule has 0 radical (unpaired) electrons. The van der Waals surface area contributed by atoms with Gasteiger partial charge in [0.15, 0.2) is 0 Å². The number of esters is 1. The molecule has 27 heavy (non-hydrogen) atoms. The van der Waals surface area contributed by atoms with Crippen LogP contribution in [0.15, 0.2) is 12.2 Å². The van der Waals surface area contributed by atoms with Crippen LogP contribution in [0.1, 0.15) is 48.0 Å². The highest BCUT2D eigenvalue weighted by molar-refractivity contribution is 7.16. The van der Waals surface area contributed by atoms with Crippen LogP contribution in [0.25, 0.3) is 0 Å². The molecule has 4 atom stereocenters. The summed E-state index contributed by atoms with van der Waals surface area (Å²) in [5.74, 6) is -3.78. The minimum absolute atomic E-state index is 0.101. The number of carboxylic acid groups (broad SMARTS) is 1. The van der Waals surface area contributed by atoms with Gasteiger partial charge in [0.1, 0.15) is 5.00 Å². The number of hydrogen-bond acceptors (Lipinski definition) is 6. The van der Waals surface area contributed by atoms with Gasteiger partial charge in [-0.15, -0.1) is 11.3 Å². The monoisotopic (exact) mass is 390 g/mol. The Kier molecular flexibility index (Phi) is 5.42. The van der Waals surface area contributed by atoms with E-state index in [0.717, 1.165) is 10.4 Å². The maximum absolute atomic E-state index is 12.9. The fourth-order valence-corrected chi connectivity index (χ4v) is 5.41. The van der Waals surface area contributed by atoms with E-state index in [1.165, 1.54) is 11.3 Å². The molecule has 146 valence electrons. The molecular weight excluding hydrogens is 366 g/mol. The second-order valence-electron chi connectivity index (χ2n) is 7.46. The van der Waals surface area contributed by atoms with Crippen molar-refractivity contribution in [3.63, 3.8) is 0 Å². The average molecular weight is 390 g/mol. The van der Waals surface area contributed by atoms with Crippen LogP contribution in [-0.4, -0.2) is 23.9 Å². The quantitative estimate of drug-likeness (QED) is 0.594. The summed E-state index contributed by atoms with van der Waals surface area (Å²) >= 11 is 1.32. The molecule has 2 bridgehead atoms. The Bertz CT molecular complexity index is 810. The van der Waals surface area contributed by atoms with Crippen LogP contribution in [0.2, 0.25) is 0 Å². The number of carbonyl (C=O) groups excluding carboxylic acids is 3. The summed E-state index contributed by atoms with van der Waals surface area (Å²) in [5, 5.41) is 14.8. The summed E-state index contributed by atoms with van der Waals surface area (Å²) < 4.78 is 5.35. The van der Waals surface area contributed by atoms with Crippen molar-refractivity contribution >= 4 is 34.2 Å². The molecule has 1 fully saturated rings. The van der Waals surface area contributed by atoms with Crippen molar-refractivity contribution in [3.8, 4) is 0 Å². The molecular formula is C20H24NO5S-. The zero-order valence-electron chi connectivity index (χ0n) is 15.9. The van der Waals surface area contributed by atoms with E-state index in [2.05, 4.69) is 5.32 Å². The number of nitrogens with one attached hydrogen (secondary N) is 1. The number of amides is 1. The first-order valence-electron chi connectivity index (χ1n) is 9.27. The largest absolute Gasteiger partial charge is 0.550 e. The SMILES string of the molecule is CCc1c(C)sc(NC(=O)[C@@H]2[C@@H](C(=O)[O-])[C@@H]3C=C[C@@H]2C3)c1C(=O)OC(C)C. The van der Waals surface area contributed by atoms with E-state index in [1.54, 1.807) is 13.8 Å². The molecule has 1 amide bonds. The van der Waals surface area contributed by atoms with E-state index < -0.39 is 23.8 Å². The van der Waals surface area contributed by atoms with Gasteiger partial charge in [0, 0.05) is 16.8 Å². The zero-order valence-corrected chi connectivity index (χ0v) is 16.7. The van der Waals surface area contributed by atoms with E-state index in [1.807, 2.05) is 26.0 Å². The molecule has 0 spiro atoms. The number of carbonyl (C=O) groups is 3. The predicted octanol–water partition coefficient (Wildman–Crippen LogP) is 2.31. The maximum atomic E-state index is 12.9. The average Bonchev–Trinajstić information content (AvgIpc) is 3.25. The lowest BCUT2D eigenvalue weighted by molar-refractivity contribution is -0.313. The minimum atomic E-state index is -1.19. The normalized spacial score (nSPS) is 25.8. The van der Waals surface area contributed by atoms with Gasteiger partial charge >= 0.3 is 5.97 Å². The Morgan fingerprint density at radius 2 is 1.89 bits per heavy atom. The Morgan fingerprint density at radius 3 is 2.44 bits per heavy atom. The van der Waals surface area contributed by atoms with Crippen molar-refractivity contribution in [1.29, 1.82) is 0 Å². The van der Waals surface area contributed by atoms with Crippen molar-refractivity contribution in [3.05, 3.63) is 28.2 Å². The van der Waals surface area contributed by atoms with Gasteiger partial charge in [-0.05, 0) is 51.0 Å². The fourth-order valence-electron chi connectivity index (χ4n) is 4.28. The summed E-state index contributed by atoms with van der Waals surface area (Å²) in [5.41, 5.74) is 1.23. The summed E-state index contributed by atoms with van der Waals surface area (Å²) in [4.78, 5) is 38.0. The molecule has 1 heterocycles. The lowest BCUT2D eigenvalue weighted by atomic mass is 9.82. The summed E-state index contributed by atoms with van der Waals surface area (Å²) in [6.07, 6.45) is 4.80. The number of aliphatic carboxylic acids is 1. The summed E-state index contributed by atoms with van der Waals surface area (Å²) in [6, 6.07) is 0. The van der Waals surface area contributed by atoms with Gasteiger partial charge < -0.3 is 20.0 Å². The van der Waals surface area contributed by atoms with Gasteiger partial charge in [0.05, 0.1) is 17.6 Å². The number of hydrogen-bond donors (Lipinski definition) is 1. The van der Waals surface area contributed by atoms with Crippen molar-refractivity contribution in [1.82, 2.24) is 0 Å². The van der Waals surface area contributed by atoms with Crippen LogP contribution in [0, 0.1) is 30.6 Å². The highest BCUT2D eigenvalue weighted by Crippen LogP contribution is 2.48. The standard InChI is InChI=1S/C20H25NO5S/c1-5-13-10(4)27-18(16(13)20(25)26-9(2)3)21-17(22)14-11-6-7-12(8-11)15(14)19(23)24/h6-7,9,11-12,14-15H,5,8H2,1-4H3,(H,21,22)(H,23,24)/p-1/t11-,12-,14+,15+/m1/s1. The van der Waals surface area contributed by atoms with Crippen molar-refractivity contribution in [2.24, 2.45) is 23.7 Å². The van der Waals surface area contributed by atoms with E-state index >= 15 is 0 Å². The lowest BCUT2D eigenvalue weighted by Gasteiger charge is -2.27. The molecule has 7 heteroatoms. The second-order valence-corrected chi connectivity index (χ2v) is 8.68. The van der Waals surface area contributed by atoms with Gasteiger partial charge in [-0.25, -0.2) is 4.79 Å². The number of aryl methyl sites for hydroxylation is 1. The third kappa shape index (κ3) is 3.52. The van der Waals surface area contributed by atoms with Crippen LogP contribution in [-0.2, 0) is 20.7 Å². The summed E-state index contributed by atoms with van der Waals surface area (Å²) in [6.45, 7) is 7.38. The number of thiophene rings is 1. The van der Waals surface area contributed by atoms with Crippen LogP contribution in [0.4, 0.5) is 5.00 Å². The topological polar surface area (TPSA) is 95.5 Å². The Labute approximate surface area is 162 Å². The Balaban J connectivity index is 1.89. The van der Waals surface area contributed by atoms with Gasteiger partial charge in [-0.2, -0.15) is 0 Å². The molecule has 3 rings (SSSR count).